The molecule has 0 aliphatic heterocycles. The van der Waals surface area contributed by atoms with Crippen LogP contribution in [0.3, 0.4) is 0 Å². The minimum atomic E-state index is -0.648. The monoisotopic (exact) mass is 759 g/mol. The van der Waals surface area contributed by atoms with Crippen molar-refractivity contribution in [2.75, 3.05) is 6.54 Å². The fraction of sp³-hybridized carbons (Fsp3) is 0.960. The van der Waals surface area contributed by atoms with Crippen LogP contribution in [0.4, 0.5) is 0 Å². The van der Waals surface area contributed by atoms with Gasteiger partial charge in [0.25, 0.3) is 0 Å². The molecule has 54 heavy (non-hydrogen) atoms. The summed E-state index contributed by atoms with van der Waals surface area (Å²) < 4.78 is 0. The third-order valence-electron chi connectivity index (χ3n) is 12.0. The van der Waals surface area contributed by atoms with Gasteiger partial charge >= 0.3 is 5.97 Å². The van der Waals surface area contributed by atoms with Crippen molar-refractivity contribution < 1.29 is 9.90 Å². The molecule has 0 saturated carbocycles. The van der Waals surface area contributed by atoms with E-state index in [2.05, 4.69) is 5.32 Å². The van der Waals surface area contributed by atoms with E-state index in [0.29, 0.717) is 6.42 Å². The molecular formula is C50H98N2O2. The van der Waals surface area contributed by atoms with Crippen LogP contribution < -0.4 is 5.32 Å². The molecule has 0 atom stereocenters. The summed E-state index contributed by atoms with van der Waals surface area (Å²) in [4.78, 5) is 10.5. The summed E-state index contributed by atoms with van der Waals surface area (Å²) in [5, 5.41) is 19.9. The standard InChI is InChI=1S/C50H98N2O2/c51-49-52-48-46-44-42-40-38-36-34-32-30-28-26-24-22-20-18-16-14-12-10-8-6-4-2-1-3-5-7-9-11-13-15-17-19-21-23-25-27-29-31-33-35-37-39-41-43-45-47-50(53)54/h52H,1-48H2,(H,53,54). The van der Waals surface area contributed by atoms with Crippen molar-refractivity contribution in [3.05, 3.63) is 0 Å². The molecule has 0 aliphatic carbocycles. The van der Waals surface area contributed by atoms with Gasteiger partial charge in [-0.2, -0.15) is 5.26 Å². The van der Waals surface area contributed by atoms with E-state index >= 15 is 0 Å². The van der Waals surface area contributed by atoms with Crippen LogP contribution in [0, 0.1) is 11.5 Å². The van der Waals surface area contributed by atoms with Crippen LogP contribution in [0.5, 0.6) is 0 Å². The SMILES string of the molecule is N#CNCCCCCCCCCCCCCCCCCCCCCCCCCCCCCCCCCCCCCCCCCCCCCCCCC(=O)O. The third kappa shape index (κ3) is 50.8. The van der Waals surface area contributed by atoms with Crippen molar-refractivity contribution in [1.29, 1.82) is 5.26 Å². The maximum absolute atomic E-state index is 10.5. The lowest BCUT2D eigenvalue weighted by molar-refractivity contribution is -0.137. The number of nitrogens with zero attached hydrogens (tertiary/aromatic N) is 1. The smallest absolute Gasteiger partial charge is 0.303 e. The Labute approximate surface area is 340 Å². The zero-order chi connectivity index (χ0) is 38.9. The Morgan fingerprint density at radius 1 is 0.296 bits per heavy atom. The van der Waals surface area contributed by atoms with Crippen molar-refractivity contribution in [1.82, 2.24) is 5.32 Å². The molecule has 4 nitrogen and oxygen atoms in total. The first-order chi connectivity index (χ1) is 26.8. The first-order valence-electron chi connectivity index (χ1n) is 25.1. The van der Waals surface area contributed by atoms with Crippen LogP contribution in [0.25, 0.3) is 0 Å². The highest BCUT2D eigenvalue weighted by Crippen LogP contribution is 2.18. The number of hydrogen-bond donors (Lipinski definition) is 2. The zero-order valence-corrected chi connectivity index (χ0v) is 36.7. The molecule has 0 rings (SSSR count). The van der Waals surface area contributed by atoms with Crippen molar-refractivity contribution in [2.24, 2.45) is 0 Å². The van der Waals surface area contributed by atoms with Crippen molar-refractivity contribution >= 4 is 5.97 Å². The van der Waals surface area contributed by atoms with E-state index in [1.54, 1.807) is 0 Å². The van der Waals surface area contributed by atoms with Crippen LogP contribution in [0.15, 0.2) is 0 Å². The summed E-state index contributed by atoms with van der Waals surface area (Å²) in [6, 6.07) is 0. The van der Waals surface area contributed by atoms with Gasteiger partial charge in [-0.25, -0.2) is 0 Å². The molecule has 0 amide bonds. The predicted octanol–water partition coefficient (Wildman–Crippen LogP) is 17.5. The highest BCUT2D eigenvalue weighted by atomic mass is 16.4. The lowest BCUT2D eigenvalue weighted by Gasteiger charge is -2.05. The molecule has 0 radical (unpaired) electrons. The lowest BCUT2D eigenvalue weighted by atomic mass is 10.0. The second-order valence-electron chi connectivity index (χ2n) is 17.4. The fourth-order valence-electron chi connectivity index (χ4n) is 8.32. The third-order valence-corrected chi connectivity index (χ3v) is 12.0. The molecule has 0 unspecified atom stereocenters. The Morgan fingerprint density at radius 3 is 0.593 bits per heavy atom. The van der Waals surface area contributed by atoms with E-state index in [-0.39, 0.29) is 0 Å². The first kappa shape index (κ1) is 52.8. The summed E-state index contributed by atoms with van der Waals surface area (Å²) in [5.74, 6) is -0.648. The van der Waals surface area contributed by atoms with E-state index in [4.69, 9.17) is 10.4 Å². The van der Waals surface area contributed by atoms with Crippen LogP contribution in [-0.2, 0) is 4.79 Å². The molecule has 0 fully saturated rings. The number of unbranched alkanes of at least 4 members (excludes halogenated alkanes) is 45. The largest absolute Gasteiger partial charge is 0.481 e. The lowest BCUT2D eigenvalue weighted by Crippen LogP contribution is -2.06. The molecule has 320 valence electrons. The average Bonchev–Trinajstić information content (AvgIpc) is 3.17. The number of carboxylic acids is 1. The number of aliphatic carboxylic acids is 1. The fourth-order valence-corrected chi connectivity index (χ4v) is 8.32. The highest BCUT2D eigenvalue weighted by molar-refractivity contribution is 5.66. The molecule has 0 saturated heterocycles. The molecule has 2 N–H and O–H groups in total. The molecular weight excluding hydrogens is 661 g/mol. The van der Waals surface area contributed by atoms with Crippen LogP contribution >= 0.6 is 0 Å². The molecule has 0 aromatic heterocycles. The zero-order valence-electron chi connectivity index (χ0n) is 36.7. The summed E-state index contributed by atoms with van der Waals surface area (Å²) in [6.45, 7) is 0.854. The van der Waals surface area contributed by atoms with Crippen molar-refractivity contribution in [2.45, 2.75) is 302 Å². The summed E-state index contributed by atoms with van der Waals surface area (Å²) in [6.07, 6.45) is 67.1. The summed E-state index contributed by atoms with van der Waals surface area (Å²) in [7, 11) is 0. The molecule has 0 bridgehead atoms. The minimum absolute atomic E-state index is 0.345. The van der Waals surface area contributed by atoms with Crippen LogP contribution in [0.1, 0.15) is 302 Å². The van der Waals surface area contributed by atoms with Crippen molar-refractivity contribution in [3.8, 4) is 6.19 Å². The maximum atomic E-state index is 10.5. The van der Waals surface area contributed by atoms with E-state index < -0.39 is 5.97 Å². The van der Waals surface area contributed by atoms with Crippen molar-refractivity contribution in [3.63, 3.8) is 0 Å². The number of nitrogens with one attached hydrogen (secondary N) is 1. The van der Waals surface area contributed by atoms with Gasteiger partial charge in [0.1, 0.15) is 0 Å². The molecule has 4 heteroatoms. The second-order valence-corrected chi connectivity index (χ2v) is 17.4. The van der Waals surface area contributed by atoms with Gasteiger partial charge in [0.15, 0.2) is 6.19 Å². The number of rotatable bonds is 49. The van der Waals surface area contributed by atoms with Gasteiger partial charge < -0.3 is 10.4 Å². The van der Waals surface area contributed by atoms with Gasteiger partial charge in [-0.3, -0.25) is 4.79 Å². The van der Waals surface area contributed by atoms with Gasteiger partial charge in [0.2, 0.25) is 0 Å². The number of nitriles is 1. The molecule has 0 aliphatic rings. The van der Waals surface area contributed by atoms with Gasteiger partial charge in [-0.1, -0.05) is 283 Å². The Morgan fingerprint density at radius 2 is 0.444 bits per heavy atom. The normalized spacial score (nSPS) is 11.3. The molecule has 0 aromatic rings. The average molecular weight is 759 g/mol. The Hall–Kier alpha value is -1.24. The summed E-state index contributed by atoms with van der Waals surface area (Å²) >= 11 is 0. The number of hydrogen-bond acceptors (Lipinski definition) is 3. The highest BCUT2D eigenvalue weighted by Gasteiger charge is 2.00. The Bertz CT molecular complexity index is 735. The van der Waals surface area contributed by atoms with Gasteiger partial charge in [0, 0.05) is 13.0 Å². The van der Waals surface area contributed by atoms with Gasteiger partial charge in [-0.15, -0.1) is 0 Å². The quantitative estimate of drug-likeness (QED) is 0.0368. The topological polar surface area (TPSA) is 73.1 Å². The molecule has 0 heterocycles. The van der Waals surface area contributed by atoms with E-state index in [9.17, 15) is 4.79 Å². The minimum Gasteiger partial charge on any atom is -0.481 e. The van der Waals surface area contributed by atoms with E-state index in [0.717, 1.165) is 25.8 Å². The molecule has 0 aromatic carbocycles. The van der Waals surface area contributed by atoms with Crippen LogP contribution in [0.2, 0.25) is 0 Å². The van der Waals surface area contributed by atoms with Crippen LogP contribution in [-0.4, -0.2) is 17.6 Å². The maximum Gasteiger partial charge on any atom is 0.303 e. The van der Waals surface area contributed by atoms with E-state index in [1.165, 1.54) is 276 Å². The Kier molecular flexibility index (Phi) is 48.6. The summed E-state index contributed by atoms with van der Waals surface area (Å²) in [5.41, 5.74) is 0. The number of carboxylic acid groups (broad SMARTS) is 1. The van der Waals surface area contributed by atoms with Gasteiger partial charge in [-0.05, 0) is 12.8 Å². The first-order valence-corrected chi connectivity index (χ1v) is 25.1. The Balaban J connectivity index is 3.06. The van der Waals surface area contributed by atoms with E-state index in [1.807, 2.05) is 6.19 Å². The second kappa shape index (κ2) is 49.8. The van der Waals surface area contributed by atoms with Gasteiger partial charge in [0.05, 0.1) is 0 Å². The predicted molar refractivity (Wildman–Crippen MR) is 238 cm³/mol. The molecule has 0 spiro atoms. The number of carbonyl (C=O) groups is 1.